The van der Waals surface area contributed by atoms with E-state index in [1.54, 1.807) is 17.4 Å². The highest BCUT2D eigenvalue weighted by Gasteiger charge is 2.05. The van der Waals surface area contributed by atoms with Crippen LogP contribution in [-0.2, 0) is 4.79 Å². The second-order valence-electron chi connectivity index (χ2n) is 2.98. The molecular formula is C10H9NO2S. The van der Waals surface area contributed by atoms with Crippen LogP contribution in [0.2, 0.25) is 0 Å². The molecule has 0 unspecified atom stereocenters. The number of aromatic nitrogens is 1. The summed E-state index contributed by atoms with van der Waals surface area (Å²) in [6.45, 7) is 3.28. The zero-order valence-corrected chi connectivity index (χ0v) is 8.72. The number of hydrogen-bond donors (Lipinski definition) is 0. The van der Waals surface area contributed by atoms with Crippen molar-refractivity contribution in [1.29, 1.82) is 0 Å². The normalized spacial score (nSPS) is 10.4. The van der Waals surface area contributed by atoms with Crippen molar-refractivity contribution in [3.8, 4) is 5.88 Å². The van der Waals surface area contributed by atoms with Gasteiger partial charge in [0.25, 0.3) is 0 Å². The van der Waals surface area contributed by atoms with Gasteiger partial charge in [0.2, 0.25) is 5.88 Å². The zero-order chi connectivity index (χ0) is 10.1. The molecule has 14 heavy (non-hydrogen) atoms. The van der Waals surface area contributed by atoms with Gasteiger partial charge in [0.05, 0.1) is 10.4 Å². The van der Waals surface area contributed by atoms with Crippen molar-refractivity contribution in [2.24, 2.45) is 0 Å². The van der Waals surface area contributed by atoms with Crippen LogP contribution in [0.1, 0.15) is 12.6 Å². The number of esters is 1. The van der Waals surface area contributed by atoms with E-state index in [9.17, 15) is 4.79 Å². The van der Waals surface area contributed by atoms with Crippen molar-refractivity contribution in [3.05, 3.63) is 23.2 Å². The van der Waals surface area contributed by atoms with E-state index in [1.165, 1.54) is 6.92 Å². The molecule has 0 radical (unpaired) electrons. The van der Waals surface area contributed by atoms with Gasteiger partial charge in [-0.25, -0.2) is 4.98 Å². The quantitative estimate of drug-likeness (QED) is 0.674. The fourth-order valence-electron chi connectivity index (χ4n) is 1.31. The number of rotatable bonds is 1. The van der Waals surface area contributed by atoms with Gasteiger partial charge in [0.15, 0.2) is 0 Å². The predicted octanol–water partition coefficient (Wildman–Crippen LogP) is 2.53. The van der Waals surface area contributed by atoms with E-state index in [0.717, 1.165) is 15.8 Å². The van der Waals surface area contributed by atoms with Crippen LogP contribution in [0, 0.1) is 6.92 Å². The molecule has 2 aromatic heterocycles. The number of ether oxygens (including phenoxy) is 1. The Kier molecular flexibility index (Phi) is 2.21. The van der Waals surface area contributed by atoms with Gasteiger partial charge in [-0.15, -0.1) is 11.3 Å². The van der Waals surface area contributed by atoms with E-state index < -0.39 is 0 Å². The molecule has 0 saturated carbocycles. The maximum absolute atomic E-state index is 10.7. The fraction of sp³-hybridized carbons (Fsp3) is 0.200. The molecule has 0 spiro atoms. The molecule has 4 heteroatoms. The molecule has 2 heterocycles. The topological polar surface area (TPSA) is 39.2 Å². The molecule has 0 fully saturated rings. The predicted molar refractivity (Wildman–Crippen MR) is 55.7 cm³/mol. The Morgan fingerprint density at radius 3 is 3.07 bits per heavy atom. The van der Waals surface area contributed by atoms with Crippen molar-refractivity contribution in [2.45, 2.75) is 13.8 Å². The number of pyridine rings is 1. The molecule has 2 rings (SSSR count). The molecule has 0 bridgehead atoms. The molecule has 0 aromatic carbocycles. The second kappa shape index (κ2) is 3.38. The molecule has 0 aliphatic carbocycles. The number of hydrogen-bond acceptors (Lipinski definition) is 4. The van der Waals surface area contributed by atoms with Gasteiger partial charge in [-0.05, 0) is 23.8 Å². The summed E-state index contributed by atoms with van der Waals surface area (Å²) in [5.41, 5.74) is 0.897. The summed E-state index contributed by atoms with van der Waals surface area (Å²) in [4.78, 5) is 14.9. The van der Waals surface area contributed by atoms with E-state index in [-0.39, 0.29) is 5.97 Å². The lowest BCUT2D eigenvalue weighted by atomic mass is 10.3. The van der Waals surface area contributed by atoms with Crippen molar-refractivity contribution in [1.82, 2.24) is 4.98 Å². The molecular weight excluding hydrogens is 198 g/mol. The number of aryl methyl sites for hydroxylation is 1. The first-order chi connectivity index (χ1) is 6.66. The van der Waals surface area contributed by atoms with Crippen molar-refractivity contribution in [3.63, 3.8) is 0 Å². The van der Waals surface area contributed by atoms with Gasteiger partial charge in [0.1, 0.15) is 0 Å². The minimum Gasteiger partial charge on any atom is -0.408 e. The minimum absolute atomic E-state index is 0.341. The third-order valence-corrected chi connectivity index (χ3v) is 2.87. The van der Waals surface area contributed by atoms with Crippen LogP contribution in [-0.4, -0.2) is 11.0 Å². The van der Waals surface area contributed by atoms with Crippen LogP contribution in [0.5, 0.6) is 5.88 Å². The highest BCUT2D eigenvalue weighted by atomic mass is 32.1. The van der Waals surface area contributed by atoms with Gasteiger partial charge >= 0.3 is 5.97 Å². The molecule has 0 atom stereocenters. The first-order valence-electron chi connectivity index (χ1n) is 4.20. The fourth-order valence-corrected chi connectivity index (χ4v) is 2.14. The maximum Gasteiger partial charge on any atom is 0.309 e. The molecule has 72 valence electrons. The Balaban J connectivity index is 2.53. The molecule has 0 amide bonds. The average Bonchev–Trinajstić information content (AvgIpc) is 2.50. The lowest BCUT2D eigenvalue weighted by Crippen LogP contribution is -2.03. The molecule has 0 saturated heterocycles. The number of carbonyl (C=O) groups is 1. The molecule has 0 N–H and O–H groups in total. The molecule has 0 aliphatic heterocycles. The highest BCUT2D eigenvalue weighted by molar-refractivity contribution is 7.17. The Labute approximate surface area is 85.3 Å². The lowest BCUT2D eigenvalue weighted by Gasteiger charge is -2.01. The van der Waals surface area contributed by atoms with Crippen LogP contribution in [0.25, 0.3) is 10.1 Å². The van der Waals surface area contributed by atoms with Crippen molar-refractivity contribution < 1.29 is 9.53 Å². The van der Waals surface area contributed by atoms with Gasteiger partial charge in [-0.2, -0.15) is 0 Å². The van der Waals surface area contributed by atoms with Crippen LogP contribution < -0.4 is 4.74 Å². The third-order valence-electron chi connectivity index (χ3n) is 1.83. The number of fused-ring (bicyclic) bond motifs is 1. The van der Waals surface area contributed by atoms with Crippen molar-refractivity contribution in [2.75, 3.05) is 0 Å². The van der Waals surface area contributed by atoms with Gasteiger partial charge in [-0.3, -0.25) is 4.79 Å². The molecule has 3 nitrogen and oxygen atoms in total. The smallest absolute Gasteiger partial charge is 0.309 e. The van der Waals surface area contributed by atoms with E-state index in [1.807, 2.05) is 18.4 Å². The Morgan fingerprint density at radius 2 is 2.36 bits per heavy atom. The van der Waals surface area contributed by atoms with Crippen molar-refractivity contribution >= 4 is 27.4 Å². The summed E-state index contributed by atoms with van der Waals surface area (Å²) in [6.07, 6.45) is 0. The zero-order valence-electron chi connectivity index (χ0n) is 7.90. The lowest BCUT2D eigenvalue weighted by molar-refractivity contribution is -0.132. The average molecular weight is 207 g/mol. The Morgan fingerprint density at radius 1 is 1.57 bits per heavy atom. The van der Waals surface area contributed by atoms with Crippen LogP contribution in [0.15, 0.2) is 17.5 Å². The van der Waals surface area contributed by atoms with Gasteiger partial charge in [0, 0.05) is 13.0 Å². The van der Waals surface area contributed by atoms with Crippen LogP contribution in [0.4, 0.5) is 0 Å². The first kappa shape index (κ1) is 9.15. The number of nitrogens with zero attached hydrogens (tertiary/aromatic N) is 1. The second-order valence-corrected chi connectivity index (χ2v) is 3.89. The number of carbonyl (C=O) groups excluding carboxylic acids is 1. The molecule has 0 aliphatic rings. The van der Waals surface area contributed by atoms with E-state index >= 15 is 0 Å². The summed E-state index contributed by atoms with van der Waals surface area (Å²) < 4.78 is 6.07. The summed E-state index contributed by atoms with van der Waals surface area (Å²) >= 11 is 1.64. The maximum atomic E-state index is 10.7. The summed E-state index contributed by atoms with van der Waals surface area (Å²) in [5, 5.41) is 3.07. The monoisotopic (exact) mass is 207 g/mol. The molecule has 2 aromatic rings. The number of thiophene rings is 1. The first-order valence-corrected chi connectivity index (χ1v) is 5.08. The van der Waals surface area contributed by atoms with E-state index in [4.69, 9.17) is 4.74 Å². The summed E-state index contributed by atoms with van der Waals surface area (Å²) in [5.74, 6) is 0.0346. The van der Waals surface area contributed by atoms with Gasteiger partial charge < -0.3 is 4.74 Å². The SMILES string of the molecule is CC(=O)Oc1cc2ccsc2c(C)n1. The van der Waals surface area contributed by atoms with E-state index in [2.05, 4.69) is 4.98 Å². The Hall–Kier alpha value is -1.42. The van der Waals surface area contributed by atoms with Gasteiger partial charge in [-0.1, -0.05) is 0 Å². The Bertz CT molecular complexity index is 490. The standard InChI is InChI=1S/C10H9NO2S/c1-6-10-8(3-4-14-10)5-9(11-6)13-7(2)12/h3-5H,1-2H3. The summed E-state index contributed by atoms with van der Waals surface area (Å²) in [7, 11) is 0. The summed E-state index contributed by atoms with van der Waals surface area (Å²) in [6, 6.07) is 3.77. The van der Waals surface area contributed by atoms with Crippen LogP contribution in [0.3, 0.4) is 0 Å². The minimum atomic E-state index is -0.341. The highest BCUT2D eigenvalue weighted by Crippen LogP contribution is 2.26. The largest absolute Gasteiger partial charge is 0.408 e. The van der Waals surface area contributed by atoms with Crippen LogP contribution >= 0.6 is 11.3 Å². The van der Waals surface area contributed by atoms with E-state index in [0.29, 0.717) is 5.88 Å². The third kappa shape index (κ3) is 1.61.